The summed E-state index contributed by atoms with van der Waals surface area (Å²) in [5, 5.41) is 8.63. The molecule has 10 heavy (non-hydrogen) atoms. The smallest absolute Gasteiger partial charge is 0.0939 e. The van der Waals surface area contributed by atoms with E-state index in [4.69, 9.17) is 5.11 Å². The van der Waals surface area contributed by atoms with Crippen molar-refractivity contribution < 1.29 is 9.32 Å². The minimum Gasteiger partial charge on any atom is -0.396 e. The van der Waals surface area contributed by atoms with Crippen LogP contribution in [0.2, 0.25) is 0 Å². The lowest BCUT2D eigenvalue weighted by Crippen LogP contribution is -2.49. The Labute approximate surface area is 63.6 Å². The molecule has 4 heteroatoms. The predicted octanol–water partition coefficient (Wildman–Crippen LogP) is -0.406. The Morgan fingerprint density at radius 3 is 2.70 bits per heavy atom. The minimum atomic E-state index is -0.785. The number of hydrogen-bond donors (Lipinski definition) is 1. The highest BCUT2D eigenvalue weighted by Crippen LogP contribution is 2.16. The van der Waals surface area contributed by atoms with E-state index < -0.39 is 11.0 Å². The van der Waals surface area contributed by atoms with Gasteiger partial charge < -0.3 is 5.11 Å². The number of aliphatic hydroxyl groups is 1. The average molecular weight is 163 g/mol. The second kappa shape index (κ2) is 3.46. The molecule has 0 aromatic heterocycles. The van der Waals surface area contributed by atoms with Crippen LogP contribution in [0.15, 0.2) is 0 Å². The van der Waals surface area contributed by atoms with Crippen LogP contribution in [-0.4, -0.2) is 39.1 Å². The topological polar surface area (TPSA) is 40.5 Å². The van der Waals surface area contributed by atoms with Crippen molar-refractivity contribution in [2.24, 2.45) is 5.92 Å². The third-order valence-electron chi connectivity index (χ3n) is 1.72. The predicted molar refractivity (Wildman–Crippen MR) is 40.8 cm³/mol. The van der Waals surface area contributed by atoms with E-state index in [9.17, 15) is 4.21 Å². The zero-order valence-corrected chi connectivity index (χ0v) is 6.93. The molecule has 0 aliphatic carbocycles. The molecular formula is C6H13NO2S. The van der Waals surface area contributed by atoms with E-state index in [1.807, 2.05) is 11.2 Å². The van der Waals surface area contributed by atoms with Gasteiger partial charge in [-0.15, -0.1) is 0 Å². The Morgan fingerprint density at radius 2 is 2.30 bits per heavy atom. The molecule has 0 amide bonds. The van der Waals surface area contributed by atoms with Crippen molar-refractivity contribution in [3.05, 3.63) is 0 Å². The second-order valence-corrected chi connectivity index (χ2v) is 4.24. The average Bonchev–Trinajstić information content (AvgIpc) is 1.85. The first-order valence-corrected chi connectivity index (χ1v) is 4.79. The van der Waals surface area contributed by atoms with Gasteiger partial charge in [0.25, 0.3) is 0 Å². The summed E-state index contributed by atoms with van der Waals surface area (Å²) in [4.78, 5) is 0. The van der Waals surface area contributed by atoms with Gasteiger partial charge in [0.2, 0.25) is 0 Å². The molecule has 0 radical (unpaired) electrons. The van der Waals surface area contributed by atoms with Crippen LogP contribution in [-0.2, 0) is 11.0 Å². The second-order valence-electron chi connectivity index (χ2n) is 2.51. The highest BCUT2D eigenvalue weighted by molar-refractivity contribution is 7.82. The van der Waals surface area contributed by atoms with Crippen LogP contribution in [0.25, 0.3) is 0 Å². The number of aliphatic hydroxyl groups excluding tert-OH is 1. The molecule has 1 fully saturated rings. The maximum Gasteiger partial charge on any atom is 0.0939 e. The maximum atomic E-state index is 11.0. The van der Waals surface area contributed by atoms with E-state index in [0.29, 0.717) is 11.7 Å². The highest BCUT2D eigenvalue weighted by Gasteiger charge is 2.28. The molecule has 3 nitrogen and oxygen atoms in total. The first-order chi connectivity index (χ1) is 4.77. The van der Waals surface area contributed by atoms with Crippen LogP contribution in [0.4, 0.5) is 0 Å². The van der Waals surface area contributed by atoms with E-state index in [1.165, 1.54) is 0 Å². The first kappa shape index (κ1) is 8.17. The maximum absolute atomic E-state index is 11.0. The van der Waals surface area contributed by atoms with Crippen LogP contribution in [0, 0.1) is 5.92 Å². The summed E-state index contributed by atoms with van der Waals surface area (Å²) in [7, 11) is -0.785. The molecule has 1 aliphatic heterocycles. The lowest BCUT2D eigenvalue weighted by molar-refractivity contribution is 0.121. The summed E-state index contributed by atoms with van der Waals surface area (Å²) >= 11 is 0. The van der Waals surface area contributed by atoms with Gasteiger partial charge in [-0.25, -0.2) is 8.51 Å². The van der Waals surface area contributed by atoms with Crippen molar-refractivity contribution in [2.75, 3.05) is 25.4 Å². The van der Waals surface area contributed by atoms with E-state index >= 15 is 0 Å². The molecule has 1 heterocycles. The zero-order chi connectivity index (χ0) is 7.56. The summed E-state index contributed by atoms with van der Waals surface area (Å²) in [6.07, 6.45) is 0. The first-order valence-electron chi connectivity index (χ1n) is 3.52. The SMILES string of the molecule is CCS(=O)N1CC(CO)C1. The molecule has 1 saturated heterocycles. The molecule has 1 unspecified atom stereocenters. The number of nitrogens with zero attached hydrogens (tertiary/aromatic N) is 1. The normalized spacial score (nSPS) is 24.2. The van der Waals surface area contributed by atoms with Crippen molar-refractivity contribution >= 4 is 11.0 Å². The fourth-order valence-corrected chi connectivity index (χ4v) is 2.11. The Hall–Kier alpha value is 0.0700. The van der Waals surface area contributed by atoms with Crippen LogP contribution in [0.3, 0.4) is 0 Å². The monoisotopic (exact) mass is 163 g/mol. The Kier molecular flexibility index (Phi) is 2.82. The Morgan fingerprint density at radius 1 is 1.70 bits per heavy atom. The molecule has 0 spiro atoms. The summed E-state index contributed by atoms with van der Waals surface area (Å²) < 4.78 is 12.9. The zero-order valence-electron chi connectivity index (χ0n) is 6.12. The fourth-order valence-electron chi connectivity index (χ4n) is 0.987. The van der Waals surface area contributed by atoms with E-state index in [1.54, 1.807) is 0 Å². The lowest BCUT2D eigenvalue weighted by atomic mass is 10.1. The summed E-state index contributed by atoms with van der Waals surface area (Å²) in [5.74, 6) is 1.06. The van der Waals surface area contributed by atoms with Crippen LogP contribution in [0.1, 0.15) is 6.92 Å². The summed E-state index contributed by atoms with van der Waals surface area (Å²) in [6.45, 7) is 3.74. The van der Waals surface area contributed by atoms with Gasteiger partial charge >= 0.3 is 0 Å². The van der Waals surface area contributed by atoms with Gasteiger partial charge in [-0.3, -0.25) is 0 Å². The standard InChI is InChI=1S/C6H13NO2S/c1-2-10(9)7-3-6(4-7)5-8/h6,8H,2-5H2,1H3. The van der Waals surface area contributed by atoms with Crippen LogP contribution in [0.5, 0.6) is 0 Å². The van der Waals surface area contributed by atoms with Gasteiger partial charge in [-0.2, -0.15) is 0 Å². The molecule has 0 aromatic rings. The van der Waals surface area contributed by atoms with Gasteiger partial charge in [0.15, 0.2) is 0 Å². The number of hydrogen-bond acceptors (Lipinski definition) is 2. The minimum absolute atomic E-state index is 0.234. The molecule has 1 atom stereocenters. The third-order valence-corrected chi connectivity index (χ3v) is 3.08. The van der Waals surface area contributed by atoms with Crippen LogP contribution < -0.4 is 0 Å². The van der Waals surface area contributed by atoms with Crippen molar-refractivity contribution in [1.29, 1.82) is 0 Å². The molecule has 1 rings (SSSR count). The van der Waals surface area contributed by atoms with Gasteiger partial charge in [0.05, 0.1) is 11.0 Å². The molecule has 60 valence electrons. The summed E-state index contributed by atoms with van der Waals surface area (Å²) in [6, 6.07) is 0. The third kappa shape index (κ3) is 1.56. The Bertz CT molecular complexity index is 134. The molecule has 0 saturated carbocycles. The molecule has 0 bridgehead atoms. The van der Waals surface area contributed by atoms with Gasteiger partial charge in [-0.05, 0) is 0 Å². The van der Waals surface area contributed by atoms with Crippen molar-refractivity contribution in [2.45, 2.75) is 6.92 Å². The van der Waals surface area contributed by atoms with E-state index in [-0.39, 0.29) is 6.61 Å². The van der Waals surface area contributed by atoms with E-state index in [0.717, 1.165) is 13.1 Å². The molecule has 1 aliphatic rings. The van der Waals surface area contributed by atoms with Gasteiger partial charge in [-0.1, -0.05) is 6.92 Å². The van der Waals surface area contributed by atoms with Gasteiger partial charge in [0, 0.05) is 31.4 Å². The van der Waals surface area contributed by atoms with Crippen molar-refractivity contribution in [3.63, 3.8) is 0 Å². The Balaban J connectivity index is 2.19. The number of rotatable bonds is 3. The molecule has 1 N–H and O–H groups in total. The largest absolute Gasteiger partial charge is 0.396 e. The highest BCUT2D eigenvalue weighted by atomic mass is 32.2. The van der Waals surface area contributed by atoms with Crippen LogP contribution >= 0.6 is 0 Å². The quantitative estimate of drug-likeness (QED) is 0.614. The molecular weight excluding hydrogens is 150 g/mol. The molecule has 0 aromatic carbocycles. The van der Waals surface area contributed by atoms with Crippen molar-refractivity contribution in [3.8, 4) is 0 Å². The van der Waals surface area contributed by atoms with Crippen molar-refractivity contribution in [1.82, 2.24) is 4.31 Å². The fraction of sp³-hybridized carbons (Fsp3) is 1.00. The summed E-state index contributed by atoms with van der Waals surface area (Å²) in [5.41, 5.74) is 0. The van der Waals surface area contributed by atoms with E-state index in [2.05, 4.69) is 0 Å². The lowest BCUT2D eigenvalue weighted by Gasteiger charge is -2.36. The van der Waals surface area contributed by atoms with Gasteiger partial charge in [0.1, 0.15) is 0 Å².